The maximum atomic E-state index is 5.98. The van der Waals surface area contributed by atoms with Gasteiger partial charge in [0.25, 0.3) is 0 Å². The lowest BCUT2D eigenvalue weighted by molar-refractivity contribution is 0.615. The number of alkyl halides is 2. The minimum Gasteiger partial charge on any atom is -0.464 e. The molecule has 1 N–H and O–H groups in total. The minimum atomic E-state index is -0.420. The van der Waals surface area contributed by atoms with E-state index in [0.717, 1.165) is 23.1 Å². The average molecular weight is 258 g/mol. The van der Waals surface area contributed by atoms with E-state index in [0.29, 0.717) is 0 Å². The molecule has 4 heteroatoms. The van der Waals surface area contributed by atoms with Gasteiger partial charge in [-0.15, -0.1) is 23.2 Å². The number of benzene rings is 1. The SMILES string of the molecule is CNCC(c1ccc2occc2c1)C(Cl)Cl. The lowest BCUT2D eigenvalue weighted by Crippen LogP contribution is -2.21. The molecule has 1 heterocycles. The number of rotatable bonds is 4. The van der Waals surface area contributed by atoms with Crippen molar-refractivity contribution in [3.8, 4) is 0 Å². The largest absolute Gasteiger partial charge is 0.464 e. The molecule has 86 valence electrons. The van der Waals surface area contributed by atoms with Crippen molar-refractivity contribution in [3.63, 3.8) is 0 Å². The van der Waals surface area contributed by atoms with Crippen molar-refractivity contribution in [2.75, 3.05) is 13.6 Å². The Morgan fingerprint density at radius 1 is 1.31 bits per heavy atom. The van der Waals surface area contributed by atoms with Crippen LogP contribution in [0.4, 0.5) is 0 Å². The monoisotopic (exact) mass is 257 g/mol. The van der Waals surface area contributed by atoms with Gasteiger partial charge in [0.1, 0.15) is 10.4 Å². The van der Waals surface area contributed by atoms with Gasteiger partial charge >= 0.3 is 0 Å². The minimum absolute atomic E-state index is 0.0904. The Morgan fingerprint density at radius 2 is 2.12 bits per heavy atom. The van der Waals surface area contributed by atoms with E-state index in [2.05, 4.69) is 11.4 Å². The quantitative estimate of drug-likeness (QED) is 0.848. The Morgan fingerprint density at radius 3 is 2.81 bits per heavy atom. The first-order chi connectivity index (χ1) is 7.72. The highest BCUT2D eigenvalue weighted by atomic mass is 35.5. The van der Waals surface area contributed by atoms with E-state index >= 15 is 0 Å². The molecule has 0 amide bonds. The highest BCUT2D eigenvalue weighted by Crippen LogP contribution is 2.28. The van der Waals surface area contributed by atoms with Crippen LogP contribution >= 0.6 is 23.2 Å². The van der Waals surface area contributed by atoms with Crippen molar-refractivity contribution >= 4 is 34.2 Å². The fraction of sp³-hybridized carbons (Fsp3) is 0.333. The molecule has 1 aromatic carbocycles. The van der Waals surface area contributed by atoms with Crippen LogP contribution in [-0.4, -0.2) is 18.4 Å². The topological polar surface area (TPSA) is 25.2 Å². The van der Waals surface area contributed by atoms with Gasteiger partial charge in [-0.1, -0.05) is 6.07 Å². The van der Waals surface area contributed by atoms with Gasteiger partial charge in [-0.25, -0.2) is 0 Å². The van der Waals surface area contributed by atoms with Gasteiger partial charge in [-0.2, -0.15) is 0 Å². The molecule has 0 aliphatic carbocycles. The second kappa shape index (κ2) is 5.09. The van der Waals surface area contributed by atoms with Gasteiger partial charge < -0.3 is 9.73 Å². The van der Waals surface area contributed by atoms with Crippen LogP contribution in [0.3, 0.4) is 0 Å². The van der Waals surface area contributed by atoms with Crippen LogP contribution < -0.4 is 5.32 Å². The third-order valence-electron chi connectivity index (χ3n) is 2.63. The molecule has 0 aliphatic rings. The predicted octanol–water partition coefficient (Wildman–Crippen LogP) is 3.54. The lowest BCUT2D eigenvalue weighted by atomic mass is 9.99. The van der Waals surface area contributed by atoms with Gasteiger partial charge in [0.15, 0.2) is 0 Å². The fourth-order valence-electron chi connectivity index (χ4n) is 1.79. The molecule has 2 nitrogen and oxygen atoms in total. The summed E-state index contributed by atoms with van der Waals surface area (Å²) in [4.78, 5) is -0.420. The normalized spacial score (nSPS) is 13.5. The summed E-state index contributed by atoms with van der Waals surface area (Å²) in [6, 6.07) is 7.96. The third kappa shape index (κ3) is 2.34. The number of nitrogens with one attached hydrogen (secondary N) is 1. The Bertz CT molecular complexity index is 467. The van der Waals surface area contributed by atoms with Crippen molar-refractivity contribution in [3.05, 3.63) is 36.1 Å². The summed E-state index contributed by atoms with van der Waals surface area (Å²) < 4.78 is 5.29. The van der Waals surface area contributed by atoms with Crippen molar-refractivity contribution in [1.82, 2.24) is 5.32 Å². The number of hydrogen-bond acceptors (Lipinski definition) is 2. The van der Waals surface area contributed by atoms with Crippen LogP contribution in [0, 0.1) is 0 Å². The summed E-state index contributed by atoms with van der Waals surface area (Å²) in [5.74, 6) is 0.0904. The van der Waals surface area contributed by atoms with E-state index in [1.165, 1.54) is 0 Å². The number of halogens is 2. The first-order valence-electron chi connectivity index (χ1n) is 5.12. The summed E-state index contributed by atoms with van der Waals surface area (Å²) >= 11 is 12.0. The molecule has 0 fully saturated rings. The second-order valence-electron chi connectivity index (χ2n) is 3.72. The smallest absolute Gasteiger partial charge is 0.133 e. The van der Waals surface area contributed by atoms with Crippen LogP contribution in [0.5, 0.6) is 0 Å². The zero-order chi connectivity index (χ0) is 11.5. The van der Waals surface area contributed by atoms with E-state index in [9.17, 15) is 0 Å². The number of likely N-dealkylation sites (N-methyl/N-ethyl adjacent to an activating group) is 1. The second-order valence-corrected chi connectivity index (χ2v) is 4.88. The predicted molar refractivity (Wildman–Crippen MR) is 68.4 cm³/mol. The van der Waals surface area contributed by atoms with E-state index < -0.39 is 4.84 Å². The maximum absolute atomic E-state index is 5.98. The molecule has 0 saturated heterocycles. The molecule has 2 rings (SSSR count). The highest BCUT2D eigenvalue weighted by molar-refractivity contribution is 6.44. The van der Waals surface area contributed by atoms with E-state index in [4.69, 9.17) is 27.6 Å². The maximum Gasteiger partial charge on any atom is 0.133 e. The zero-order valence-electron chi connectivity index (χ0n) is 8.91. The summed E-state index contributed by atoms with van der Waals surface area (Å²) in [5, 5.41) is 4.17. The first-order valence-corrected chi connectivity index (χ1v) is 5.99. The van der Waals surface area contributed by atoms with Gasteiger partial charge in [0.05, 0.1) is 6.26 Å². The summed E-state index contributed by atoms with van der Waals surface area (Å²) in [5.41, 5.74) is 2.01. The van der Waals surface area contributed by atoms with Crippen LogP contribution in [0.15, 0.2) is 34.9 Å². The van der Waals surface area contributed by atoms with Crippen molar-refractivity contribution < 1.29 is 4.42 Å². The molecule has 0 spiro atoms. The van der Waals surface area contributed by atoms with Gasteiger partial charge in [0, 0.05) is 17.8 Å². The first kappa shape index (κ1) is 11.8. The number of hydrogen-bond donors (Lipinski definition) is 1. The summed E-state index contributed by atoms with van der Waals surface area (Å²) in [6.45, 7) is 0.751. The Hall–Kier alpha value is -0.700. The Kier molecular flexibility index (Phi) is 3.74. The number of furan rings is 1. The van der Waals surface area contributed by atoms with Crippen LogP contribution in [-0.2, 0) is 0 Å². The Balaban J connectivity index is 2.35. The van der Waals surface area contributed by atoms with Crippen LogP contribution in [0.1, 0.15) is 11.5 Å². The van der Waals surface area contributed by atoms with E-state index in [-0.39, 0.29) is 5.92 Å². The van der Waals surface area contributed by atoms with Gasteiger partial charge in [-0.05, 0) is 30.8 Å². The van der Waals surface area contributed by atoms with Crippen LogP contribution in [0.2, 0.25) is 0 Å². The summed E-state index contributed by atoms with van der Waals surface area (Å²) in [7, 11) is 1.89. The molecule has 0 bridgehead atoms. The van der Waals surface area contributed by atoms with Crippen LogP contribution in [0.25, 0.3) is 11.0 Å². The summed E-state index contributed by atoms with van der Waals surface area (Å²) in [6.07, 6.45) is 1.68. The highest BCUT2D eigenvalue weighted by Gasteiger charge is 2.18. The van der Waals surface area contributed by atoms with E-state index in [1.807, 2.05) is 25.2 Å². The van der Waals surface area contributed by atoms with Crippen molar-refractivity contribution in [2.24, 2.45) is 0 Å². The molecule has 2 aromatic rings. The molecular formula is C12H13Cl2NO. The Labute approximate surface area is 105 Å². The number of fused-ring (bicyclic) bond motifs is 1. The van der Waals surface area contributed by atoms with Gasteiger partial charge in [-0.3, -0.25) is 0 Å². The van der Waals surface area contributed by atoms with Crippen molar-refractivity contribution in [2.45, 2.75) is 10.8 Å². The fourth-order valence-corrected chi connectivity index (χ4v) is 2.26. The molecule has 0 saturated carbocycles. The lowest BCUT2D eigenvalue weighted by Gasteiger charge is -2.17. The molecule has 0 radical (unpaired) electrons. The molecule has 1 aromatic heterocycles. The molecular weight excluding hydrogens is 245 g/mol. The molecule has 16 heavy (non-hydrogen) atoms. The van der Waals surface area contributed by atoms with E-state index in [1.54, 1.807) is 6.26 Å². The third-order valence-corrected chi connectivity index (χ3v) is 3.24. The molecule has 1 unspecified atom stereocenters. The van der Waals surface area contributed by atoms with Crippen molar-refractivity contribution in [1.29, 1.82) is 0 Å². The van der Waals surface area contributed by atoms with Gasteiger partial charge in [0.2, 0.25) is 0 Å². The average Bonchev–Trinajstić information content (AvgIpc) is 2.72. The standard InChI is InChI=1S/C12H13Cl2NO/c1-15-7-10(12(13)14)8-2-3-11-9(6-8)4-5-16-11/h2-6,10,12,15H,7H2,1H3. The molecule has 0 aliphatic heterocycles. The molecule has 1 atom stereocenters. The zero-order valence-corrected chi connectivity index (χ0v) is 10.4.